The molecule has 0 saturated carbocycles. The topological polar surface area (TPSA) is 52.6 Å². The third-order valence-electron chi connectivity index (χ3n) is 4.99. The molecule has 4 nitrogen and oxygen atoms in total. The number of carbonyl (C=O) groups excluding carboxylic acids is 2. The Kier molecular flexibility index (Phi) is 10.5. The molecule has 0 heterocycles. The lowest BCUT2D eigenvalue weighted by molar-refractivity contribution is -0.146. The molecule has 0 N–H and O–H groups in total. The maximum Gasteiger partial charge on any atom is 0.313 e. The van der Waals surface area contributed by atoms with Crippen molar-refractivity contribution in [1.29, 1.82) is 0 Å². The summed E-state index contributed by atoms with van der Waals surface area (Å²) in [7, 11) is -2.02. The van der Waals surface area contributed by atoms with E-state index >= 15 is 0 Å². The van der Waals surface area contributed by atoms with Gasteiger partial charge in [-0.2, -0.15) is 0 Å². The standard InChI is InChI=1S/C20H38O4Si/c1-9-12-13-14-18(24-25(7,8)20(4,5)6)16(10-2)17(21)15-19(22)23-11-3/h10,16,18H,2,9,11-15H2,1,3-8H3/t16-,18+/m0/s1. The molecule has 25 heavy (non-hydrogen) atoms. The molecule has 0 saturated heterocycles. The second-order valence-electron chi connectivity index (χ2n) is 8.12. The predicted octanol–water partition coefficient (Wildman–Crippen LogP) is 5.28. The van der Waals surface area contributed by atoms with E-state index in [1.54, 1.807) is 13.0 Å². The molecular weight excluding hydrogens is 332 g/mol. The Bertz CT molecular complexity index is 437. The molecule has 0 aliphatic heterocycles. The van der Waals surface area contributed by atoms with Gasteiger partial charge in [-0.1, -0.05) is 53.0 Å². The Balaban J connectivity index is 5.28. The second kappa shape index (κ2) is 10.9. The maximum absolute atomic E-state index is 12.6. The van der Waals surface area contributed by atoms with E-state index in [4.69, 9.17) is 9.16 Å². The summed E-state index contributed by atoms with van der Waals surface area (Å²) in [6.45, 7) is 19.0. The number of esters is 1. The van der Waals surface area contributed by atoms with Gasteiger partial charge in [-0.3, -0.25) is 9.59 Å². The van der Waals surface area contributed by atoms with Crippen molar-refractivity contribution in [3.63, 3.8) is 0 Å². The SMILES string of the molecule is C=C[C@@H](C(=O)CC(=O)OCC)[C@@H](CCCCC)O[Si](C)(C)C(C)(C)C. The third kappa shape index (κ3) is 8.32. The molecule has 0 rings (SSSR count). The fourth-order valence-electron chi connectivity index (χ4n) is 2.43. The van der Waals surface area contributed by atoms with Crippen molar-refractivity contribution >= 4 is 20.1 Å². The number of hydrogen-bond donors (Lipinski definition) is 0. The van der Waals surface area contributed by atoms with Crippen LogP contribution in [0.1, 0.15) is 66.7 Å². The van der Waals surface area contributed by atoms with Crippen LogP contribution in [0.25, 0.3) is 0 Å². The van der Waals surface area contributed by atoms with Crippen molar-refractivity contribution in [1.82, 2.24) is 0 Å². The number of unbranched alkanes of at least 4 members (excludes halogenated alkanes) is 2. The van der Waals surface area contributed by atoms with E-state index in [9.17, 15) is 9.59 Å². The van der Waals surface area contributed by atoms with Gasteiger partial charge in [0.2, 0.25) is 0 Å². The van der Waals surface area contributed by atoms with Gasteiger partial charge in [0.15, 0.2) is 14.1 Å². The Morgan fingerprint density at radius 2 is 1.76 bits per heavy atom. The van der Waals surface area contributed by atoms with Gasteiger partial charge in [0.05, 0.1) is 18.6 Å². The van der Waals surface area contributed by atoms with Crippen LogP contribution in [0.5, 0.6) is 0 Å². The van der Waals surface area contributed by atoms with Gasteiger partial charge in [0, 0.05) is 0 Å². The molecule has 0 fully saturated rings. The van der Waals surface area contributed by atoms with E-state index in [1.807, 2.05) is 0 Å². The van der Waals surface area contributed by atoms with Gasteiger partial charge in [-0.05, 0) is 31.5 Å². The number of carbonyl (C=O) groups is 2. The Morgan fingerprint density at radius 3 is 2.20 bits per heavy atom. The van der Waals surface area contributed by atoms with E-state index in [-0.39, 0.29) is 30.0 Å². The molecule has 0 aliphatic rings. The quantitative estimate of drug-likeness (QED) is 0.154. The van der Waals surface area contributed by atoms with Crippen LogP contribution in [-0.4, -0.2) is 32.8 Å². The molecule has 0 spiro atoms. The summed E-state index contributed by atoms with van der Waals surface area (Å²) < 4.78 is 11.5. The smallest absolute Gasteiger partial charge is 0.313 e. The highest BCUT2D eigenvalue weighted by Gasteiger charge is 2.41. The van der Waals surface area contributed by atoms with Crippen LogP contribution in [0.3, 0.4) is 0 Å². The zero-order valence-electron chi connectivity index (χ0n) is 17.3. The second-order valence-corrected chi connectivity index (χ2v) is 12.9. The first-order valence-corrected chi connectivity index (χ1v) is 12.4. The zero-order valence-corrected chi connectivity index (χ0v) is 18.3. The highest BCUT2D eigenvalue weighted by Crippen LogP contribution is 2.39. The van der Waals surface area contributed by atoms with Crippen LogP contribution in [-0.2, 0) is 18.8 Å². The lowest BCUT2D eigenvalue weighted by Crippen LogP contribution is -2.46. The normalized spacial score (nSPS) is 14.7. The molecule has 0 aromatic carbocycles. The fourth-order valence-corrected chi connectivity index (χ4v) is 3.80. The molecule has 0 unspecified atom stereocenters. The number of hydrogen-bond acceptors (Lipinski definition) is 4. The van der Waals surface area contributed by atoms with Gasteiger partial charge in [-0.25, -0.2) is 0 Å². The average Bonchev–Trinajstić information content (AvgIpc) is 2.46. The van der Waals surface area contributed by atoms with E-state index in [0.717, 1.165) is 25.7 Å². The highest BCUT2D eigenvalue weighted by atomic mass is 28.4. The maximum atomic E-state index is 12.6. The number of Topliss-reactive ketones (excluding diaryl/α,β-unsaturated/α-hetero) is 1. The van der Waals surface area contributed by atoms with Crippen LogP contribution in [0.15, 0.2) is 12.7 Å². The van der Waals surface area contributed by atoms with Gasteiger partial charge >= 0.3 is 5.97 Å². The predicted molar refractivity (Wildman–Crippen MR) is 106 cm³/mol. The van der Waals surface area contributed by atoms with Crippen molar-refractivity contribution < 1.29 is 18.8 Å². The molecule has 0 bridgehead atoms. The van der Waals surface area contributed by atoms with Gasteiger partial charge < -0.3 is 9.16 Å². The number of ketones is 1. The Hall–Kier alpha value is -0.943. The van der Waals surface area contributed by atoms with Crippen LogP contribution in [0.4, 0.5) is 0 Å². The Morgan fingerprint density at radius 1 is 1.16 bits per heavy atom. The fraction of sp³-hybridized carbons (Fsp3) is 0.800. The first-order chi connectivity index (χ1) is 11.5. The molecule has 0 aliphatic carbocycles. The van der Waals surface area contributed by atoms with E-state index in [1.165, 1.54) is 0 Å². The molecule has 146 valence electrons. The van der Waals surface area contributed by atoms with E-state index in [0.29, 0.717) is 0 Å². The lowest BCUT2D eigenvalue weighted by atomic mass is 9.92. The number of ether oxygens (including phenoxy) is 1. The molecule has 5 heteroatoms. The van der Waals surface area contributed by atoms with Gasteiger partial charge in [0.1, 0.15) is 6.42 Å². The molecule has 0 amide bonds. The van der Waals surface area contributed by atoms with Crippen molar-refractivity contribution in [2.24, 2.45) is 5.92 Å². The summed E-state index contributed by atoms with van der Waals surface area (Å²) >= 11 is 0. The summed E-state index contributed by atoms with van der Waals surface area (Å²) in [5.41, 5.74) is 0. The highest BCUT2D eigenvalue weighted by molar-refractivity contribution is 6.74. The van der Waals surface area contributed by atoms with E-state index < -0.39 is 20.2 Å². The molecule has 2 atom stereocenters. The summed E-state index contributed by atoms with van der Waals surface area (Å²) in [6, 6.07) is 0. The van der Waals surface area contributed by atoms with Crippen molar-refractivity contribution in [2.75, 3.05) is 6.61 Å². The molecule has 0 aromatic rings. The Labute approximate surface area is 155 Å². The van der Waals surface area contributed by atoms with Crippen molar-refractivity contribution in [2.45, 2.75) is 91.0 Å². The number of rotatable bonds is 12. The van der Waals surface area contributed by atoms with Gasteiger partial charge in [-0.15, -0.1) is 6.58 Å². The average molecular weight is 371 g/mol. The van der Waals surface area contributed by atoms with Crippen LogP contribution in [0, 0.1) is 5.92 Å². The van der Waals surface area contributed by atoms with Crippen molar-refractivity contribution in [3.05, 3.63) is 12.7 Å². The minimum absolute atomic E-state index is 0.0614. The largest absolute Gasteiger partial charge is 0.466 e. The zero-order chi connectivity index (χ0) is 19.7. The summed E-state index contributed by atoms with van der Waals surface area (Å²) in [4.78, 5) is 24.3. The van der Waals surface area contributed by atoms with Crippen LogP contribution < -0.4 is 0 Å². The monoisotopic (exact) mass is 370 g/mol. The van der Waals surface area contributed by atoms with Crippen molar-refractivity contribution in [3.8, 4) is 0 Å². The van der Waals surface area contributed by atoms with E-state index in [2.05, 4.69) is 47.4 Å². The molecule has 0 aromatic heterocycles. The summed E-state index contributed by atoms with van der Waals surface area (Å²) in [5.74, 6) is -1.09. The molecular formula is C20H38O4Si. The summed E-state index contributed by atoms with van der Waals surface area (Å²) in [5, 5.41) is 0.0614. The first-order valence-electron chi connectivity index (χ1n) is 9.48. The molecule has 0 radical (unpaired) electrons. The third-order valence-corrected chi connectivity index (χ3v) is 9.50. The van der Waals surface area contributed by atoms with Crippen LogP contribution in [0.2, 0.25) is 18.1 Å². The summed E-state index contributed by atoms with van der Waals surface area (Å²) in [6.07, 6.45) is 5.25. The lowest BCUT2D eigenvalue weighted by Gasteiger charge is -2.41. The minimum atomic E-state index is -2.02. The first kappa shape index (κ1) is 24.1. The van der Waals surface area contributed by atoms with Crippen LogP contribution >= 0.6 is 0 Å². The minimum Gasteiger partial charge on any atom is -0.466 e. The van der Waals surface area contributed by atoms with Gasteiger partial charge in [0.25, 0.3) is 0 Å².